The third kappa shape index (κ3) is 3.84. The number of anilines is 1. The largest absolute Gasteiger partial charge is 0.406 e. The summed E-state index contributed by atoms with van der Waals surface area (Å²) >= 11 is 0. The fraction of sp³-hybridized carbons (Fsp3) is 0.214. The fourth-order valence-electron chi connectivity index (χ4n) is 2.17. The maximum absolute atomic E-state index is 13.9. The van der Waals surface area contributed by atoms with Gasteiger partial charge in [-0.3, -0.25) is 4.79 Å². The van der Waals surface area contributed by atoms with Gasteiger partial charge in [-0.25, -0.2) is 13.2 Å². The van der Waals surface area contributed by atoms with Crippen LogP contribution in [0.15, 0.2) is 23.0 Å². The standard InChI is InChI=1S/C14H10F6N2O.ClH/c1-6-8(9-2-7(15)3-10(16)12(9)17)4-11(21)13(23)22(6)5-14(18,19)20;/h2-4H,5,21H2,1H3;1H. The molecule has 0 fully saturated rings. The molecule has 2 N–H and O–H groups in total. The van der Waals surface area contributed by atoms with Crippen LogP contribution in [0.3, 0.4) is 0 Å². The number of nitrogen functional groups attached to an aromatic ring is 1. The van der Waals surface area contributed by atoms with E-state index in [2.05, 4.69) is 0 Å². The molecule has 0 atom stereocenters. The quantitative estimate of drug-likeness (QED) is 0.644. The number of aromatic nitrogens is 1. The van der Waals surface area contributed by atoms with Crippen LogP contribution >= 0.6 is 12.4 Å². The van der Waals surface area contributed by atoms with Crippen molar-refractivity contribution in [3.63, 3.8) is 0 Å². The van der Waals surface area contributed by atoms with Crippen LogP contribution in [0.25, 0.3) is 11.1 Å². The number of halogens is 7. The van der Waals surface area contributed by atoms with Crippen molar-refractivity contribution in [2.24, 2.45) is 0 Å². The Morgan fingerprint density at radius 1 is 1.08 bits per heavy atom. The molecule has 0 unspecified atom stereocenters. The first-order chi connectivity index (χ1) is 10.5. The fourth-order valence-corrected chi connectivity index (χ4v) is 2.17. The maximum atomic E-state index is 13.9. The molecule has 24 heavy (non-hydrogen) atoms. The van der Waals surface area contributed by atoms with Crippen molar-refractivity contribution in [2.75, 3.05) is 5.73 Å². The average Bonchev–Trinajstić information content (AvgIpc) is 2.42. The van der Waals surface area contributed by atoms with Crippen LogP contribution in [0.2, 0.25) is 0 Å². The third-order valence-corrected chi connectivity index (χ3v) is 3.21. The molecule has 1 aromatic carbocycles. The Bertz CT molecular complexity index is 831. The molecule has 0 saturated carbocycles. The van der Waals surface area contributed by atoms with Gasteiger partial charge in [0.25, 0.3) is 5.56 Å². The third-order valence-electron chi connectivity index (χ3n) is 3.21. The molecule has 3 nitrogen and oxygen atoms in total. The summed E-state index contributed by atoms with van der Waals surface area (Å²) in [7, 11) is 0. The van der Waals surface area contributed by atoms with Gasteiger partial charge in [0.05, 0.1) is 5.69 Å². The second-order valence-corrected chi connectivity index (χ2v) is 4.85. The Morgan fingerprint density at radius 3 is 2.21 bits per heavy atom. The summed E-state index contributed by atoms with van der Waals surface area (Å²) in [4.78, 5) is 11.8. The van der Waals surface area contributed by atoms with E-state index in [0.29, 0.717) is 12.1 Å². The summed E-state index contributed by atoms with van der Waals surface area (Å²) < 4.78 is 78.5. The molecule has 2 rings (SSSR count). The van der Waals surface area contributed by atoms with Crippen molar-refractivity contribution in [3.05, 3.63) is 51.7 Å². The van der Waals surface area contributed by atoms with E-state index in [4.69, 9.17) is 5.73 Å². The smallest absolute Gasteiger partial charge is 0.394 e. The highest BCUT2D eigenvalue weighted by Crippen LogP contribution is 2.30. The van der Waals surface area contributed by atoms with Crippen molar-refractivity contribution in [1.82, 2.24) is 4.57 Å². The number of rotatable bonds is 2. The van der Waals surface area contributed by atoms with E-state index in [1.165, 1.54) is 0 Å². The summed E-state index contributed by atoms with van der Waals surface area (Å²) in [6, 6.07) is 1.80. The van der Waals surface area contributed by atoms with Gasteiger partial charge in [0, 0.05) is 22.9 Å². The van der Waals surface area contributed by atoms with E-state index < -0.39 is 47.0 Å². The minimum atomic E-state index is -4.73. The van der Waals surface area contributed by atoms with Crippen molar-refractivity contribution < 1.29 is 26.3 Å². The second kappa shape index (κ2) is 6.76. The van der Waals surface area contributed by atoms with Crippen molar-refractivity contribution in [2.45, 2.75) is 19.6 Å². The number of pyridine rings is 1. The summed E-state index contributed by atoms with van der Waals surface area (Å²) in [6.45, 7) is -0.556. The van der Waals surface area contributed by atoms with Crippen molar-refractivity contribution >= 4 is 18.1 Å². The molecule has 2 aromatic rings. The molecule has 0 bridgehead atoms. The van der Waals surface area contributed by atoms with Gasteiger partial charge >= 0.3 is 6.18 Å². The molecular formula is C14H11ClF6N2O. The SMILES string of the molecule is Cc1c(-c2cc(F)cc(F)c2F)cc(N)c(=O)n1CC(F)(F)F.Cl. The lowest BCUT2D eigenvalue weighted by molar-refractivity contribution is -0.141. The topological polar surface area (TPSA) is 48.0 Å². The van der Waals surface area contributed by atoms with Crippen LogP contribution in [0, 0.1) is 24.4 Å². The molecule has 0 saturated heterocycles. The summed E-state index contributed by atoms with van der Waals surface area (Å²) in [5.41, 5.74) is 2.40. The zero-order valence-corrected chi connectivity index (χ0v) is 12.9. The number of hydrogen-bond donors (Lipinski definition) is 1. The highest BCUT2D eigenvalue weighted by atomic mass is 35.5. The summed E-state index contributed by atoms with van der Waals surface area (Å²) in [5.74, 6) is -4.08. The van der Waals surface area contributed by atoms with Gasteiger partial charge < -0.3 is 10.3 Å². The van der Waals surface area contributed by atoms with E-state index in [0.717, 1.165) is 13.0 Å². The zero-order chi connectivity index (χ0) is 17.5. The van der Waals surface area contributed by atoms with Gasteiger partial charge in [0.2, 0.25) is 0 Å². The molecule has 0 aliphatic heterocycles. The van der Waals surface area contributed by atoms with Crippen molar-refractivity contribution in [1.29, 1.82) is 0 Å². The molecular weight excluding hydrogens is 362 g/mol. The van der Waals surface area contributed by atoms with Gasteiger partial charge in [-0.05, 0) is 19.1 Å². The number of alkyl halides is 3. The van der Waals surface area contributed by atoms with Gasteiger partial charge in [0.15, 0.2) is 11.6 Å². The molecule has 0 radical (unpaired) electrons. The van der Waals surface area contributed by atoms with Crippen LogP contribution in [-0.4, -0.2) is 10.7 Å². The first kappa shape index (κ1) is 19.9. The Balaban J connectivity index is 0.00000288. The van der Waals surface area contributed by atoms with Crippen LogP contribution < -0.4 is 11.3 Å². The van der Waals surface area contributed by atoms with E-state index in [-0.39, 0.29) is 28.2 Å². The normalized spacial score (nSPS) is 11.3. The molecule has 1 aromatic heterocycles. The molecule has 0 amide bonds. The molecule has 10 heteroatoms. The zero-order valence-electron chi connectivity index (χ0n) is 12.0. The lowest BCUT2D eigenvalue weighted by Gasteiger charge is -2.17. The summed E-state index contributed by atoms with van der Waals surface area (Å²) in [5, 5.41) is 0. The van der Waals surface area contributed by atoms with Gasteiger partial charge in [-0.1, -0.05) is 0 Å². The van der Waals surface area contributed by atoms with Gasteiger partial charge in [-0.2, -0.15) is 13.2 Å². The van der Waals surface area contributed by atoms with E-state index in [1.807, 2.05) is 0 Å². The van der Waals surface area contributed by atoms with Crippen LogP contribution in [-0.2, 0) is 6.54 Å². The number of nitrogens with two attached hydrogens (primary N) is 1. The monoisotopic (exact) mass is 372 g/mol. The molecule has 0 spiro atoms. The van der Waals surface area contributed by atoms with Crippen LogP contribution in [0.4, 0.5) is 32.0 Å². The Kier molecular flexibility index (Phi) is 5.60. The highest BCUT2D eigenvalue weighted by Gasteiger charge is 2.30. The Hall–Kier alpha value is -2.16. The Morgan fingerprint density at radius 2 is 1.67 bits per heavy atom. The minimum absolute atomic E-state index is 0. The second-order valence-electron chi connectivity index (χ2n) is 4.85. The average molecular weight is 373 g/mol. The van der Waals surface area contributed by atoms with E-state index >= 15 is 0 Å². The van der Waals surface area contributed by atoms with Crippen LogP contribution in [0.5, 0.6) is 0 Å². The molecule has 132 valence electrons. The molecule has 0 aliphatic rings. The predicted octanol–water partition coefficient (Wildman–Crippen LogP) is 3.81. The summed E-state index contributed by atoms with van der Waals surface area (Å²) in [6.07, 6.45) is -4.73. The van der Waals surface area contributed by atoms with Crippen LogP contribution in [0.1, 0.15) is 5.69 Å². The number of benzene rings is 1. The first-order valence-corrected chi connectivity index (χ1v) is 6.23. The van der Waals surface area contributed by atoms with E-state index in [1.54, 1.807) is 0 Å². The minimum Gasteiger partial charge on any atom is -0.394 e. The van der Waals surface area contributed by atoms with Gasteiger partial charge in [0.1, 0.15) is 12.4 Å². The lowest BCUT2D eigenvalue weighted by atomic mass is 10.0. The molecule has 0 aliphatic carbocycles. The predicted molar refractivity (Wildman–Crippen MR) is 78.5 cm³/mol. The van der Waals surface area contributed by atoms with E-state index in [9.17, 15) is 31.1 Å². The molecule has 1 heterocycles. The van der Waals surface area contributed by atoms with Crippen molar-refractivity contribution in [3.8, 4) is 11.1 Å². The maximum Gasteiger partial charge on any atom is 0.406 e. The highest BCUT2D eigenvalue weighted by molar-refractivity contribution is 5.85. The lowest BCUT2D eigenvalue weighted by Crippen LogP contribution is -2.31. The Labute approximate surface area is 138 Å². The number of nitrogens with zero attached hydrogens (tertiary/aromatic N) is 1. The van der Waals surface area contributed by atoms with Gasteiger partial charge in [-0.15, -0.1) is 12.4 Å². The first-order valence-electron chi connectivity index (χ1n) is 6.23. The number of hydrogen-bond acceptors (Lipinski definition) is 2.